The summed E-state index contributed by atoms with van der Waals surface area (Å²) in [5.74, 6) is -0.102. The van der Waals surface area contributed by atoms with Crippen LogP contribution in [0.3, 0.4) is 0 Å². The van der Waals surface area contributed by atoms with Crippen molar-refractivity contribution in [1.82, 2.24) is 0 Å². The first-order valence-corrected chi connectivity index (χ1v) is 13.3. The maximum absolute atomic E-state index is 12.2. The molecule has 0 aliphatic carbocycles. The van der Waals surface area contributed by atoms with Crippen LogP contribution in [-0.2, 0) is 30.3 Å². The molecule has 0 heterocycles. The van der Waals surface area contributed by atoms with Crippen molar-refractivity contribution in [2.24, 2.45) is 0 Å². The minimum Gasteiger partial charge on any atom is -0.494 e. The molecule has 0 saturated carbocycles. The maximum atomic E-state index is 12.2. The van der Waals surface area contributed by atoms with Crippen molar-refractivity contribution >= 4 is 24.0 Å². The van der Waals surface area contributed by atoms with Gasteiger partial charge in [-0.3, -0.25) is 0 Å². The molecule has 0 N–H and O–H groups in total. The summed E-state index contributed by atoms with van der Waals surface area (Å²) in [6, 6.07) is 22.7. The van der Waals surface area contributed by atoms with Gasteiger partial charge in [-0.15, -0.1) is 0 Å². The summed E-state index contributed by atoms with van der Waals surface area (Å²) in [5.41, 5.74) is 4.30. The van der Waals surface area contributed by atoms with Gasteiger partial charge in [0.1, 0.15) is 11.5 Å². The summed E-state index contributed by atoms with van der Waals surface area (Å²) in [6.45, 7) is 9.68. The zero-order valence-corrected chi connectivity index (χ0v) is 23.2. The Morgan fingerprint density at radius 2 is 1.34 bits per heavy atom. The molecule has 0 amide bonds. The first-order valence-electron chi connectivity index (χ1n) is 13.3. The van der Waals surface area contributed by atoms with Crippen LogP contribution < -0.4 is 9.47 Å². The molecule has 0 bridgehead atoms. The number of carbonyl (C=O) groups excluding carboxylic acids is 3. The third-order valence-electron chi connectivity index (χ3n) is 5.84. The summed E-state index contributed by atoms with van der Waals surface area (Å²) in [7, 11) is 0. The van der Waals surface area contributed by atoms with Gasteiger partial charge < -0.3 is 18.9 Å². The highest BCUT2D eigenvalue weighted by atomic mass is 16.5. The molecule has 0 spiro atoms. The summed E-state index contributed by atoms with van der Waals surface area (Å²) in [6.07, 6.45) is 6.26. The Morgan fingerprint density at radius 1 is 0.732 bits per heavy atom. The van der Waals surface area contributed by atoms with E-state index in [2.05, 4.69) is 13.2 Å². The van der Waals surface area contributed by atoms with Crippen LogP contribution in [0, 0.1) is 0 Å². The third kappa shape index (κ3) is 11.0. The average Bonchev–Trinajstić information content (AvgIpc) is 2.99. The second kappa shape index (κ2) is 16.3. The van der Waals surface area contributed by atoms with Gasteiger partial charge in [-0.25, -0.2) is 14.4 Å². The van der Waals surface area contributed by atoms with E-state index >= 15 is 0 Å². The van der Waals surface area contributed by atoms with Crippen molar-refractivity contribution < 1.29 is 33.3 Å². The minimum absolute atomic E-state index is 0.254. The smallest absolute Gasteiger partial charge is 0.336 e. The van der Waals surface area contributed by atoms with Crippen molar-refractivity contribution in [2.75, 3.05) is 19.8 Å². The van der Waals surface area contributed by atoms with Crippen LogP contribution in [0.4, 0.5) is 0 Å². The zero-order valence-electron chi connectivity index (χ0n) is 23.2. The molecule has 0 atom stereocenters. The highest BCUT2D eigenvalue weighted by molar-refractivity contribution is 5.89. The molecule has 3 rings (SSSR count). The Kier molecular flexibility index (Phi) is 12.1. The van der Waals surface area contributed by atoms with Crippen molar-refractivity contribution in [3.8, 4) is 22.6 Å². The highest BCUT2D eigenvalue weighted by Crippen LogP contribution is 2.23. The molecule has 0 unspecified atom stereocenters. The van der Waals surface area contributed by atoms with E-state index in [0.29, 0.717) is 31.0 Å². The second-order valence-corrected chi connectivity index (χ2v) is 9.14. The first kappa shape index (κ1) is 30.6. The lowest BCUT2D eigenvalue weighted by atomic mass is 10.0. The Balaban J connectivity index is 1.41. The summed E-state index contributed by atoms with van der Waals surface area (Å²) < 4.78 is 21.2. The van der Waals surface area contributed by atoms with Crippen LogP contribution in [0.5, 0.6) is 11.5 Å². The zero-order chi connectivity index (χ0) is 29.5. The number of unbranched alkanes of at least 4 members (excludes halogenated alkanes) is 1. The lowest BCUT2D eigenvalue weighted by Crippen LogP contribution is -2.07. The molecule has 3 aromatic rings. The van der Waals surface area contributed by atoms with Gasteiger partial charge in [0, 0.05) is 24.1 Å². The van der Waals surface area contributed by atoms with Gasteiger partial charge in [0.25, 0.3) is 0 Å². The maximum Gasteiger partial charge on any atom is 0.336 e. The molecule has 0 saturated heterocycles. The number of hydrogen-bond donors (Lipinski definition) is 0. The van der Waals surface area contributed by atoms with Gasteiger partial charge in [0.2, 0.25) is 0 Å². The van der Waals surface area contributed by atoms with Crippen LogP contribution >= 0.6 is 0 Å². The molecule has 0 radical (unpaired) electrons. The fraction of sp³-hybridized carbons (Fsp3) is 0.206. The number of carbonyl (C=O) groups is 3. The van der Waals surface area contributed by atoms with Gasteiger partial charge in [0.05, 0.1) is 19.8 Å². The molecular formula is C34H34O7. The monoisotopic (exact) mass is 554 g/mol. The predicted molar refractivity (Wildman–Crippen MR) is 158 cm³/mol. The van der Waals surface area contributed by atoms with Crippen molar-refractivity contribution in [1.29, 1.82) is 0 Å². The fourth-order valence-electron chi connectivity index (χ4n) is 3.58. The van der Waals surface area contributed by atoms with Crippen LogP contribution in [0.2, 0.25) is 0 Å². The van der Waals surface area contributed by atoms with E-state index in [1.807, 2.05) is 60.7 Å². The topological polar surface area (TPSA) is 88.1 Å². The van der Waals surface area contributed by atoms with Crippen LogP contribution in [0.15, 0.2) is 104 Å². The molecule has 3 aromatic carbocycles. The largest absolute Gasteiger partial charge is 0.494 e. The molecule has 41 heavy (non-hydrogen) atoms. The van der Waals surface area contributed by atoms with Crippen molar-refractivity contribution in [2.45, 2.75) is 26.2 Å². The lowest BCUT2D eigenvalue weighted by Gasteiger charge is -2.08. The Bertz CT molecular complexity index is 1350. The second-order valence-electron chi connectivity index (χ2n) is 9.14. The van der Waals surface area contributed by atoms with Crippen LogP contribution in [-0.4, -0.2) is 37.7 Å². The Morgan fingerprint density at radius 3 is 1.98 bits per heavy atom. The molecule has 0 aromatic heterocycles. The number of esters is 3. The van der Waals surface area contributed by atoms with E-state index in [1.54, 1.807) is 25.1 Å². The lowest BCUT2D eigenvalue weighted by molar-refractivity contribution is -0.139. The van der Waals surface area contributed by atoms with Gasteiger partial charge >= 0.3 is 17.9 Å². The summed E-state index contributed by atoms with van der Waals surface area (Å²) in [4.78, 5) is 34.7. The highest BCUT2D eigenvalue weighted by Gasteiger charge is 2.04. The van der Waals surface area contributed by atoms with Crippen LogP contribution in [0.1, 0.15) is 30.9 Å². The molecular weight excluding hydrogens is 520 g/mol. The average molecular weight is 555 g/mol. The SMILES string of the molecule is C=CC(=O)OCCc1ccc(OC(=O)/C=C/c2ccc(-c3ccc(OCCCCOC(=O)C(=C)C)cc3)cc2)cc1. The van der Waals surface area contributed by atoms with E-state index < -0.39 is 11.9 Å². The molecule has 7 heteroatoms. The Labute approximate surface area is 240 Å². The fourth-order valence-corrected chi connectivity index (χ4v) is 3.58. The number of benzene rings is 3. The number of rotatable bonds is 15. The number of ether oxygens (including phenoxy) is 4. The summed E-state index contributed by atoms with van der Waals surface area (Å²) in [5, 5.41) is 0. The van der Waals surface area contributed by atoms with Crippen molar-refractivity contribution in [3.63, 3.8) is 0 Å². The van der Waals surface area contributed by atoms with Crippen molar-refractivity contribution in [3.05, 3.63) is 115 Å². The van der Waals surface area contributed by atoms with Crippen LogP contribution in [0.25, 0.3) is 17.2 Å². The quantitative estimate of drug-likeness (QED) is 0.0914. The molecule has 212 valence electrons. The molecule has 0 aliphatic rings. The van der Waals surface area contributed by atoms with Gasteiger partial charge in [0.15, 0.2) is 0 Å². The molecule has 0 fully saturated rings. The third-order valence-corrected chi connectivity index (χ3v) is 5.84. The molecule has 0 aliphatic heterocycles. The normalized spacial score (nSPS) is 10.6. The minimum atomic E-state index is -0.481. The standard InChI is InChI=1S/C34H34O7/c1-4-32(35)39-24-21-27-9-16-31(17-10-27)41-33(36)20-11-26-7-12-28(13-8-26)29-14-18-30(19-15-29)38-22-5-6-23-40-34(37)25(2)3/h4,7-20H,1-2,5-6,21-24H2,3H3/b20-11+. The predicted octanol–water partition coefficient (Wildman–Crippen LogP) is 6.52. The summed E-state index contributed by atoms with van der Waals surface area (Å²) >= 11 is 0. The number of hydrogen-bond acceptors (Lipinski definition) is 7. The van der Waals surface area contributed by atoms with E-state index in [4.69, 9.17) is 18.9 Å². The van der Waals surface area contributed by atoms with Gasteiger partial charge in [-0.1, -0.05) is 61.7 Å². The van der Waals surface area contributed by atoms with E-state index in [0.717, 1.165) is 46.9 Å². The molecule has 7 nitrogen and oxygen atoms in total. The van der Waals surface area contributed by atoms with E-state index in [1.165, 1.54) is 6.08 Å². The Hall–Kier alpha value is -4.91. The van der Waals surface area contributed by atoms with Gasteiger partial charge in [-0.05, 0) is 72.4 Å². The van der Waals surface area contributed by atoms with Gasteiger partial charge in [-0.2, -0.15) is 0 Å². The van der Waals surface area contributed by atoms with E-state index in [-0.39, 0.29) is 12.6 Å². The first-order chi connectivity index (χ1) is 19.8. The van der Waals surface area contributed by atoms with E-state index in [9.17, 15) is 14.4 Å².